The molecule has 2 fully saturated rings. The number of hydrogen-bond donors (Lipinski definition) is 2. The van der Waals surface area contributed by atoms with Crippen LogP contribution in [0, 0.1) is 0 Å². The van der Waals surface area contributed by atoms with Crippen LogP contribution in [0.1, 0.15) is 28.1 Å². The highest BCUT2D eigenvalue weighted by molar-refractivity contribution is 7.09. The predicted molar refractivity (Wildman–Crippen MR) is 106 cm³/mol. The topological polar surface area (TPSA) is 96.7 Å². The zero-order valence-electron chi connectivity index (χ0n) is 16.7. The monoisotopic (exact) mass is 460 g/mol. The second kappa shape index (κ2) is 9.79. The summed E-state index contributed by atoms with van der Waals surface area (Å²) in [6, 6.07) is 4.68. The maximum absolute atomic E-state index is 12.5. The summed E-state index contributed by atoms with van der Waals surface area (Å²) in [7, 11) is 1.81. The van der Waals surface area contributed by atoms with Gasteiger partial charge in [0.25, 0.3) is 5.91 Å². The van der Waals surface area contributed by atoms with E-state index in [0.717, 1.165) is 32.5 Å². The molecule has 2 aliphatic rings. The van der Waals surface area contributed by atoms with E-state index < -0.39 is 12.1 Å². The Hall–Kier alpha value is -2.44. The lowest BCUT2D eigenvalue weighted by atomic mass is 10.0. The van der Waals surface area contributed by atoms with Crippen LogP contribution < -0.4 is 5.32 Å². The minimum Gasteiger partial charge on any atom is -0.475 e. The number of fused-ring (bicyclic) bond motifs is 1. The van der Waals surface area contributed by atoms with E-state index in [1.54, 1.807) is 28.4 Å². The molecule has 0 unspecified atom stereocenters. The number of hydrogen-bond acceptors (Lipinski definition) is 6. The van der Waals surface area contributed by atoms with Crippen molar-refractivity contribution in [3.05, 3.63) is 40.3 Å². The van der Waals surface area contributed by atoms with Crippen molar-refractivity contribution in [3.63, 3.8) is 0 Å². The number of likely N-dealkylation sites (tertiary alicyclic amines) is 1. The van der Waals surface area contributed by atoms with E-state index >= 15 is 0 Å². The molecule has 2 aliphatic heterocycles. The number of alkyl halides is 3. The van der Waals surface area contributed by atoms with Crippen molar-refractivity contribution in [1.82, 2.24) is 20.0 Å². The molecule has 2 aromatic rings. The lowest BCUT2D eigenvalue weighted by Crippen LogP contribution is -2.47. The Morgan fingerprint density at radius 2 is 2.16 bits per heavy atom. The number of aliphatic carboxylic acids is 1. The van der Waals surface area contributed by atoms with Gasteiger partial charge in [-0.25, -0.2) is 4.79 Å². The molecule has 8 nitrogen and oxygen atoms in total. The fourth-order valence-electron chi connectivity index (χ4n) is 3.76. The lowest BCUT2D eigenvalue weighted by molar-refractivity contribution is -0.192. The van der Waals surface area contributed by atoms with Crippen LogP contribution in [0.5, 0.6) is 0 Å². The number of aromatic nitrogens is 2. The van der Waals surface area contributed by atoms with Gasteiger partial charge in [0.15, 0.2) is 0 Å². The second-order valence-electron chi connectivity index (χ2n) is 7.34. The fourth-order valence-corrected chi connectivity index (χ4v) is 4.49. The highest BCUT2D eigenvalue weighted by Gasteiger charge is 2.44. The molecule has 1 amide bonds. The van der Waals surface area contributed by atoms with Gasteiger partial charge < -0.3 is 15.2 Å². The summed E-state index contributed by atoms with van der Waals surface area (Å²) in [6.07, 6.45) is 0.569. The van der Waals surface area contributed by atoms with Crippen LogP contribution in [-0.4, -0.2) is 69.2 Å². The molecule has 4 heterocycles. The molecule has 3 atom stereocenters. The number of nitrogens with zero attached hydrogens (tertiary/aromatic N) is 3. The average Bonchev–Trinajstić information content (AvgIpc) is 3.44. The van der Waals surface area contributed by atoms with Crippen molar-refractivity contribution in [2.75, 3.05) is 13.2 Å². The quantitative estimate of drug-likeness (QED) is 0.727. The molecule has 31 heavy (non-hydrogen) atoms. The Bertz CT molecular complexity index is 887. The number of rotatable bonds is 4. The molecule has 0 bridgehead atoms. The van der Waals surface area contributed by atoms with Gasteiger partial charge >= 0.3 is 12.1 Å². The summed E-state index contributed by atoms with van der Waals surface area (Å²) in [5.74, 6) is -2.83. The van der Waals surface area contributed by atoms with Gasteiger partial charge in [0, 0.05) is 43.9 Å². The molecular formula is C19H23F3N4O4S. The molecule has 0 saturated carbocycles. The number of carboxylic acid groups (broad SMARTS) is 1. The van der Waals surface area contributed by atoms with Crippen LogP contribution in [0.15, 0.2) is 29.9 Å². The first kappa shape index (κ1) is 23.2. The number of thiophene rings is 1. The number of halogens is 3. The van der Waals surface area contributed by atoms with Crippen molar-refractivity contribution < 1.29 is 32.6 Å². The first-order chi connectivity index (χ1) is 14.6. The highest BCUT2D eigenvalue weighted by Crippen LogP contribution is 2.31. The SMILES string of the molecule is Cn1cc(C(=O)N[C@@H]2CN(Cc3cccs3)[C@@H]3CCCO[C@@H]32)cn1.O=C(O)C(F)(F)F. The molecule has 0 radical (unpaired) electrons. The number of aryl methyl sites for hydroxylation is 1. The largest absolute Gasteiger partial charge is 0.490 e. The summed E-state index contributed by atoms with van der Waals surface area (Å²) >= 11 is 1.78. The van der Waals surface area contributed by atoms with Crippen molar-refractivity contribution in [3.8, 4) is 0 Å². The molecule has 2 aromatic heterocycles. The van der Waals surface area contributed by atoms with E-state index in [9.17, 15) is 18.0 Å². The van der Waals surface area contributed by atoms with Gasteiger partial charge in [-0.2, -0.15) is 18.3 Å². The average molecular weight is 460 g/mol. The minimum absolute atomic E-state index is 0.0305. The lowest BCUT2D eigenvalue weighted by Gasteiger charge is -2.32. The van der Waals surface area contributed by atoms with Crippen molar-refractivity contribution >= 4 is 23.2 Å². The minimum atomic E-state index is -5.08. The first-order valence-electron chi connectivity index (χ1n) is 9.63. The summed E-state index contributed by atoms with van der Waals surface area (Å²) in [6.45, 7) is 2.55. The van der Waals surface area contributed by atoms with Crippen molar-refractivity contribution in [2.45, 2.75) is 43.8 Å². The number of carboxylic acids is 1. The summed E-state index contributed by atoms with van der Waals surface area (Å²) in [5.41, 5.74) is 0.599. The van der Waals surface area contributed by atoms with E-state index in [0.29, 0.717) is 11.6 Å². The molecule has 0 aromatic carbocycles. The Morgan fingerprint density at radius 1 is 1.42 bits per heavy atom. The van der Waals surface area contributed by atoms with Crippen LogP contribution in [0.3, 0.4) is 0 Å². The van der Waals surface area contributed by atoms with Crippen LogP contribution in [0.25, 0.3) is 0 Å². The van der Waals surface area contributed by atoms with Gasteiger partial charge in [0.2, 0.25) is 0 Å². The second-order valence-corrected chi connectivity index (χ2v) is 8.37. The fraction of sp³-hybridized carbons (Fsp3) is 0.526. The summed E-state index contributed by atoms with van der Waals surface area (Å²) < 4.78 is 39.4. The number of amides is 1. The van der Waals surface area contributed by atoms with Crippen LogP contribution in [0.4, 0.5) is 13.2 Å². The Morgan fingerprint density at radius 3 is 2.74 bits per heavy atom. The highest BCUT2D eigenvalue weighted by atomic mass is 32.1. The van der Waals surface area contributed by atoms with Gasteiger partial charge in [0.05, 0.1) is 23.9 Å². The van der Waals surface area contributed by atoms with Gasteiger partial charge in [-0.3, -0.25) is 14.4 Å². The molecule has 0 aliphatic carbocycles. The maximum Gasteiger partial charge on any atom is 0.490 e. The Kier molecular flexibility index (Phi) is 7.34. The van der Waals surface area contributed by atoms with Crippen LogP contribution >= 0.6 is 11.3 Å². The van der Waals surface area contributed by atoms with Crippen LogP contribution in [-0.2, 0) is 23.1 Å². The maximum atomic E-state index is 12.5. The van der Waals surface area contributed by atoms with Crippen molar-refractivity contribution in [1.29, 1.82) is 0 Å². The van der Waals surface area contributed by atoms with Gasteiger partial charge in [-0.15, -0.1) is 11.3 Å². The van der Waals surface area contributed by atoms with E-state index in [4.69, 9.17) is 14.6 Å². The van der Waals surface area contributed by atoms with E-state index in [1.807, 2.05) is 7.05 Å². The van der Waals surface area contributed by atoms with Crippen LogP contribution in [0.2, 0.25) is 0 Å². The molecule has 2 N–H and O–H groups in total. The predicted octanol–water partition coefficient (Wildman–Crippen LogP) is 2.28. The third kappa shape index (κ3) is 6.05. The van der Waals surface area contributed by atoms with E-state index in [-0.39, 0.29) is 18.1 Å². The number of nitrogens with one attached hydrogen (secondary N) is 1. The molecule has 0 spiro atoms. The zero-order chi connectivity index (χ0) is 22.6. The number of ether oxygens (including phenoxy) is 1. The first-order valence-corrected chi connectivity index (χ1v) is 10.5. The van der Waals surface area contributed by atoms with E-state index in [2.05, 4.69) is 32.8 Å². The van der Waals surface area contributed by atoms with E-state index in [1.165, 1.54) is 4.88 Å². The molecule has 12 heteroatoms. The summed E-state index contributed by atoms with van der Waals surface area (Å²) in [4.78, 5) is 25.2. The number of carbonyl (C=O) groups excluding carboxylic acids is 1. The standard InChI is InChI=1S/C17H22N4O2S.C2HF3O2/c1-20-9-12(8-18-20)17(22)19-14-11-21(10-13-4-3-7-24-13)15-5-2-6-23-16(14)15;3-2(4,5)1(6)7/h3-4,7-9,14-16H,2,5-6,10-11H2,1H3,(H,19,22);(H,6,7)/t14-,15-,16-;/m1./s1. The molecule has 2 saturated heterocycles. The number of carbonyl (C=O) groups is 2. The van der Waals surface area contributed by atoms with Crippen molar-refractivity contribution in [2.24, 2.45) is 7.05 Å². The van der Waals surface area contributed by atoms with Gasteiger partial charge in [0.1, 0.15) is 0 Å². The third-order valence-corrected chi connectivity index (χ3v) is 5.96. The van der Waals surface area contributed by atoms with Gasteiger partial charge in [-0.1, -0.05) is 6.07 Å². The molecule has 170 valence electrons. The Labute approximate surface area is 180 Å². The summed E-state index contributed by atoms with van der Waals surface area (Å²) in [5, 5.41) is 16.5. The zero-order valence-corrected chi connectivity index (χ0v) is 17.5. The third-order valence-electron chi connectivity index (χ3n) is 5.10. The molecule has 4 rings (SSSR count). The van der Waals surface area contributed by atoms with Gasteiger partial charge in [-0.05, 0) is 24.3 Å². The molecular weight excluding hydrogens is 437 g/mol. The Balaban J connectivity index is 0.000000339. The smallest absolute Gasteiger partial charge is 0.475 e. The normalized spacial score (nSPS) is 23.5.